The maximum absolute atomic E-state index is 12.6. The van der Waals surface area contributed by atoms with Gasteiger partial charge in [-0.25, -0.2) is 4.79 Å². The first-order valence-corrected chi connectivity index (χ1v) is 10.3. The summed E-state index contributed by atoms with van der Waals surface area (Å²) in [7, 11) is 0. The van der Waals surface area contributed by atoms with Gasteiger partial charge in [-0.3, -0.25) is 9.69 Å². The molecule has 0 bridgehead atoms. The number of piperazine rings is 1. The molecule has 2 aliphatic heterocycles. The van der Waals surface area contributed by atoms with Gasteiger partial charge in [0, 0.05) is 56.8 Å². The maximum atomic E-state index is 12.6. The number of likely N-dealkylation sites (tertiary alicyclic amines) is 1. The van der Waals surface area contributed by atoms with Gasteiger partial charge in [0.25, 0.3) is 0 Å². The second-order valence-corrected chi connectivity index (χ2v) is 8.44. The lowest BCUT2D eigenvalue weighted by Gasteiger charge is -2.47. The quantitative estimate of drug-likeness (QED) is 0.782. The number of hydrogen-bond donors (Lipinski definition) is 2. The number of phenolic OH excluding ortho intramolecular Hbond substituents is 1. The average molecular weight is 408 g/mol. The second-order valence-electron chi connectivity index (χ2n) is 8.03. The van der Waals surface area contributed by atoms with Gasteiger partial charge >= 0.3 is 6.09 Å². The van der Waals surface area contributed by atoms with Crippen LogP contribution in [0.4, 0.5) is 4.79 Å². The second kappa shape index (κ2) is 7.79. The Kier molecular flexibility index (Phi) is 5.38. The van der Waals surface area contributed by atoms with Crippen molar-refractivity contribution in [2.24, 2.45) is 0 Å². The van der Waals surface area contributed by atoms with Crippen molar-refractivity contribution < 1.29 is 19.8 Å². The van der Waals surface area contributed by atoms with Gasteiger partial charge in [0.2, 0.25) is 5.91 Å². The number of rotatable bonds is 5. The summed E-state index contributed by atoms with van der Waals surface area (Å²) in [4.78, 5) is 29.0. The Morgan fingerprint density at radius 2 is 1.75 bits per heavy atom. The van der Waals surface area contributed by atoms with Crippen LogP contribution in [0.2, 0.25) is 5.02 Å². The van der Waals surface area contributed by atoms with Crippen LogP contribution in [0.5, 0.6) is 5.75 Å². The minimum atomic E-state index is -0.861. The van der Waals surface area contributed by atoms with Crippen LogP contribution in [0.1, 0.15) is 36.3 Å². The highest BCUT2D eigenvalue weighted by Crippen LogP contribution is 2.45. The first kappa shape index (κ1) is 19.3. The minimum absolute atomic E-state index is 0.0998. The van der Waals surface area contributed by atoms with Crippen molar-refractivity contribution in [3.63, 3.8) is 0 Å². The molecule has 8 heteroatoms. The van der Waals surface area contributed by atoms with E-state index in [-0.39, 0.29) is 17.7 Å². The predicted octanol–water partition coefficient (Wildman–Crippen LogP) is 2.36. The number of hydrogen-bond acceptors (Lipinski definition) is 4. The monoisotopic (exact) mass is 407 g/mol. The molecule has 1 aromatic rings. The molecule has 152 valence electrons. The number of amides is 2. The van der Waals surface area contributed by atoms with Crippen LogP contribution in [-0.4, -0.2) is 82.2 Å². The number of halogens is 1. The fraction of sp³-hybridized carbons (Fsp3) is 0.600. The molecular weight excluding hydrogens is 382 g/mol. The maximum Gasteiger partial charge on any atom is 0.407 e. The number of benzene rings is 1. The molecule has 1 aliphatic carbocycles. The normalized spacial score (nSPS) is 20.9. The zero-order chi connectivity index (χ0) is 19.8. The van der Waals surface area contributed by atoms with Crippen molar-refractivity contribution in [2.45, 2.75) is 37.6 Å². The highest BCUT2D eigenvalue weighted by atomic mass is 35.5. The van der Waals surface area contributed by atoms with Crippen LogP contribution >= 0.6 is 11.6 Å². The Morgan fingerprint density at radius 1 is 1.07 bits per heavy atom. The molecule has 2 amide bonds. The van der Waals surface area contributed by atoms with Crippen molar-refractivity contribution in [3.05, 3.63) is 28.3 Å². The predicted molar refractivity (Wildman–Crippen MR) is 105 cm³/mol. The average Bonchev–Trinajstić information content (AvgIpc) is 3.44. The molecule has 0 aromatic heterocycles. The standard InChI is InChI=1S/C20H26ClN3O4/c21-17-10-18(25)14(9-16(17)13-1-2-13)3-4-19(26)23-7-5-22(6-8-23)15-11-24(12-15)20(27)28/h9-10,13,15,25H,1-8,11-12H2,(H,27,28). The summed E-state index contributed by atoms with van der Waals surface area (Å²) < 4.78 is 0. The van der Waals surface area contributed by atoms with Crippen LogP contribution in [0, 0.1) is 0 Å². The summed E-state index contributed by atoms with van der Waals surface area (Å²) >= 11 is 6.23. The van der Waals surface area contributed by atoms with E-state index in [2.05, 4.69) is 4.90 Å². The van der Waals surface area contributed by atoms with Gasteiger partial charge in [-0.05, 0) is 42.4 Å². The largest absolute Gasteiger partial charge is 0.508 e. The summed E-state index contributed by atoms with van der Waals surface area (Å²) in [6, 6.07) is 3.85. The van der Waals surface area contributed by atoms with E-state index in [1.54, 1.807) is 6.07 Å². The first-order valence-electron chi connectivity index (χ1n) is 9.93. The van der Waals surface area contributed by atoms with Gasteiger partial charge in [-0.2, -0.15) is 0 Å². The van der Waals surface area contributed by atoms with Crippen molar-refractivity contribution in [1.29, 1.82) is 0 Å². The third-order valence-electron chi connectivity index (χ3n) is 6.14. The Bertz CT molecular complexity index is 769. The van der Waals surface area contributed by atoms with Crippen LogP contribution in [-0.2, 0) is 11.2 Å². The molecule has 2 heterocycles. The third kappa shape index (κ3) is 4.05. The minimum Gasteiger partial charge on any atom is -0.508 e. The number of carbonyl (C=O) groups excluding carboxylic acids is 1. The number of nitrogens with zero attached hydrogens (tertiary/aromatic N) is 3. The van der Waals surface area contributed by atoms with Gasteiger partial charge in [-0.15, -0.1) is 0 Å². The number of aromatic hydroxyl groups is 1. The third-order valence-corrected chi connectivity index (χ3v) is 6.47. The first-order chi connectivity index (χ1) is 13.4. The number of aryl methyl sites for hydroxylation is 1. The Hall–Kier alpha value is -1.99. The molecule has 2 N–H and O–H groups in total. The number of carbonyl (C=O) groups is 2. The molecule has 0 radical (unpaired) electrons. The van der Waals surface area contributed by atoms with E-state index in [1.165, 1.54) is 4.90 Å². The van der Waals surface area contributed by atoms with Gasteiger partial charge in [0.15, 0.2) is 0 Å². The van der Waals surface area contributed by atoms with E-state index >= 15 is 0 Å². The summed E-state index contributed by atoms with van der Waals surface area (Å²) in [6.07, 6.45) is 2.30. The van der Waals surface area contributed by atoms with Crippen LogP contribution in [0.15, 0.2) is 12.1 Å². The molecule has 3 aliphatic rings. The zero-order valence-corrected chi connectivity index (χ0v) is 16.6. The smallest absolute Gasteiger partial charge is 0.407 e. The molecule has 28 heavy (non-hydrogen) atoms. The topological polar surface area (TPSA) is 84.3 Å². The Morgan fingerprint density at radius 3 is 2.36 bits per heavy atom. The van der Waals surface area contributed by atoms with E-state index in [0.29, 0.717) is 50.0 Å². The van der Waals surface area contributed by atoms with Crippen molar-refractivity contribution >= 4 is 23.6 Å². The van der Waals surface area contributed by atoms with Crippen molar-refractivity contribution in [3.8, 4) is 5.75 Å². The fourth-order valence-corrected chi connectivity index (χ4v) is 4.42. The molecule has 0 spiro atoms. The Labute approximate surface area is 169 Å². The lowest BCUT2D eigenvalue weighted by molar-refractivity contribution is -0.133. The molecule has 2 saturated heterocycles. The lowest BCUT2D eigenvalue weighted by Crippen LogP contribution is -2.64. The van der Waals surface area contributed by atoms with E-state index in [4.69, 9.17) is 16.7 Å². The summed E-state index contributed by atoms with van der Waals surface area (Å²) in [6.45, 7) is 4.01. The van der Waals surface area contributed by atoms with Crippen LogP contribution < -0.4 is 0 Å². The van der Waals surface area contributed by atoms with Gasteiger partial charge in [-0.1, -0.05) is 17.7 Å². The Balaban J connectivity index is 1.25. The van der Waals surface area contributed by atoms with Crippen molar-refractivity contribution in [1.82, 2.24) is 14.7 Å². The number of phenols is 1. The van der Waals surface area contributed by atoms with E-state index in [0.717, 1.165) is 37.1 Å². The van der Waals surface area contributed by atoms with Crippen LogP contribution in [0.3, 0.4) is 0 Å². The molecular formula is C20H26ClN3O4. The fourth-order valence-electron chi connectivity index (χ4n) is 4.11. The van der Waals surface area contributed by atoms with Gasteiger partial charge in [0.1, 0.15) is 5.75 Å². The lowest BCUT2D eigenvalue weighted by atomic mass is 10.0. The van der Waals surface area contributed by atoms with E-state index in [1.807, 2.05) is 11.0 Å². The molecule has 4 rings (SSSR count). The molecule has 3 fully saturated rings. The van der Waals surface area contributed by atoms with Crippen LogP contribution in [0.25, 0.3) is 0 Å². The van der Waals surface area contributed by atoms with E-state index in [9.17, 15) is 14.7 Å². The summed E-state index contributed by atoms with van der Waals surface area (Å²) in [5.41, 5.74) is 1.88. The van der Waals surface area contributed by atoms with E-state index < -0.39 is 6.09 Å². The molecule has 7 nitrogen and oxygen atoms in total. The summed E-state index contributed by atoms with van der Waals surface area (Å²) in [5, 5.41) is 19.7. The van der Waals surface area contributed by atoms with Gasteiger partial charge in [0.05, 0.1) is 0 Å². The number of carboxylic acid groups (broad SMARTS) is 1. The van der Waals surface area contributed by atoms with Gasteiger partial charge < -0.3 is 20.0 Å². The highest BCUT2D eigenvalue weighted by molar-refractivity contribution is 6.31. The summed E-state index contributed by atoms with van der Waals surface area (Å²) in [5.74, 6) is 0.766. The molecule has 0 atom stereocenters. The van der Waals surface area contributed by atoms with Crippen molar-refractivity contribution in [2.75, 3.05) is 39.3 Å². The molecule has 1 aromatic carbocycles. The molecule has 0 unspecified atom stereocenters. The SMILES string of the molecule is O=C(O)N1CC(N2CCN(C(=O)CCc3cc(C4CC4)c(Cl)cc3O)CC2)C1. The highest BCUT2D eigenvalue weighted by Gasteiger charge is 2.36. The zero-order valence-electron chi connectivity index (χ0n) is 15.8. The molecule has 1 saturated carbocycles.